The van der Waals surface area contributed by atoms with Crippen LogP contribution in [0.5, 0.6) is 0 Å². The summed E-state index contributed by atoms with van der Waals surface area (Å²) in [5.74, 6) is 0. The molecule has 4 heterocycles. The fourth-order valence-electron chi connectivity index (χ4n) is 2.74. The van der Waals surface area contributed by atoms with E-state index in [0.29, 0.717) is 29.3 Å². The lowest BCUT2D eigenvalue weighted by Crippen LogP contribution is -2.26. The van der Waals surface area contributed by atoms with E-state index >= 15 is 0 Å². The number of halogens is 2. The van der Waals surface area contributed by atoms with Crippen molar-refractivity contribution in [2.24, 2.45) is 0 Å². The van der Waals surface area contributed by atoms with Gasteiger partial charge in [-0.2, -0.15) is 5.10 Å². The molecular formula is C16H12F2N6O2. The molecule has 1 N–H and O–H groups in total. The van der Waals surface area contributed by atoms with Gasteiger partial charge in [-0.05, 0) is 23.8 Å². The summed E-state index contributed by atoms with van der Waals surface area (Å²) in [5, 5.41) is 13.0. The average Bonchev–Trinajstić information content (AvgIpc) is 3.28. The predicted molar refractivity (Wildman–Crippen MR) is 86.5 cm³/mol. The van der Waals surface area contributed by atoms with E-state index in [4.69, 9.17) is 5.11 Å². The van der Waals surface area contributed by atoms with Gasteiger partial charge in [-0.3, -0.25) is 0 Å². The van der Waals surface area contributed by atoms with Gasteiger partial charge in [0.05, 0.1) is 24.1 Å². The van der Waals surface area contributed by atoms with Gasteiger partial charge in [-0.1, -0.05) is 6.08 Å². The summed E-state index contributed by atoms with van der Waals surface area (Å²) in [7, 11) is 0. The summed E-state index contributed by atoms with van der Waals surface area (Å²) < 4.78 is 27.2. The fraction of sp³-hybridized carbons (Fsp3) is 0.188. The van der Waals surface area contributed by atoms with Crippen molar-refractivity contribution in [3.8, 4) is 11.4 Å². The number of rotatable bonds is 3. The van der Waals surface area contributed by atoms with Gasteiger partial charge in [0, 0.05) is 6.54 Å². The Hall–Kier alpha value is -3.43. The molecule has 3 aromatic rings. The minimum Gasteiger partial charge on any atom is -0.465 e. The molecule has 1 amide bonds. The van der Waals surface area contributed by atoms with Crippen LogP contribution >= 0.6 is 0 Å². The second-order valence-corrected chi connectivity index (χ2v) is 5.65. The quantitative estimate of drug-likeness (QED) is 0.773. The number of alkyl halides is 2. The molecule has 10 heteroatoms. The maximum atomic E-state index is 12.9. The smallest absolute Gasteiger partial charge is 0.407 e. The Morgan fingerprint density at radius 2 is 2.00 bits per heavy atom. The number of nitrogens with zero attached hydrogens (tertiary/aromatic N) is 6. The van der Waals surface area contributed by atoms with Crippen LogP contribution in [0.3, 0.4) is 0 Å². The third-order valence-electron chi connectivity index (χ3n) is 4.05. The van der Waals surface area contributed by atoms with E-state index in [0.717, 1.165) is 5.57 Å². The third-order valence-corrected chi connectivity index (χ3v) is 4.05. The lowest BCUT2D eigenvalue weighted by molar-refractivity contribution is 0.144. The average molecular weight is 358 g/mol. The Kier molecular flexibility index (Phi) is 3.79. The van der Waals surface area contributed by atoms with Crippen molar-refractivity contribution in [1.29, 1.82) is 0 Å². The van der Waals surface area contributed by atoms with Crippen LogP contribution in [0.2, 0.25) is 0 Å². The number of hydrogen-bond donors (Lipinski definition) is 1. The summed E-state index contributed by atoms with van der Waals surface area (Å²) in [6, 6.07) is 4.35. The highest BCUT2D eigenvalue weighted by molar-refractivity contribution is 5.76. The molecule has 0 aromatic carbocycles. The molecule has 0 fully saturated rings. The van der Waals surface area contributed by atoms with Gasteiger partial charge in [0.2, 0.25) is 0 Å². The second kappa shape index (κ2) is 6.14. The zero-order chi connectivity index (χ0) is 18.3. The molecule has 0 atom stereocenters. The van der Waals surface area contributed by atoms with Crippen LogP contribution in [0.25, 0.3) is 22.6 Å². The number of carbonyl (C=O) groups is 1. The van der Waals surface area contributed by atoms with Crippen LogP contribution in [-0.4, -0.2) is 53.8 Å². The lowest BCUT2D eigenvalue weighted by Gasteiger charge is -2.11. The summed E-state index contributed by atoms with van der Waals surface area (Å²) in [5.41, 5.74) is 2.28. The Bertz CT molecular complexity index is 1030. The van der Waals surface area contributed by atoms with Crippen LogP contribution < -0.4 is 0 Å². The molecule has 132 valence electrons. The minimum absolute atomic E-state index is 0.229. The van der Waals surface area contributed by atoms with Gasteiger partial charge in [-0.15, -0.1) is 0 Å². The highest BCUT2D eigenvalue weighted by Gasteiger charge is 2.21. The van der Waals surface area contributed by atoms with E-state index in [1.807, 2.05) is 0 Å². The summed E-state index contributed by atoms with van der Waals surface area (Å²) in [6.45, 7) is 0.519. The summed E-state index contributed by atoms with van der Waals surface area (Å²) in [6.07, 6.45) is 0.918. The van der Waals surface area contributed by atoms with Crippen LogP contribution in [-0.2, 0) is 0 Å². The Morgan fingerprint density at radius 1 is 1.19 bits per heavy atom. The van der Waals surface area contributed by atoms with E-state index in [1.165, 1.54) is 34.1 Å². The number of fused-ring (bicyclic) bond motifs is 1. The number of amides is 1. The van der Waals surface area contributed by atoms with Gasteiger partial charge in [-0.25, -0.2) is 33.0 Å². The van der Waals surface area contributed by atoms with Gasteiger partial charge < -0.3 is 10.0 Å². The standard InChI is InChI=1S/C16H12F2N6O2/c17-15(18)10-1-2-14-19-6-13(24(14)22-10)12-5-11(20-8-21-12)9-3-4-23(7-9)16(25)26/h1-3,5-6,8,15H,4,7H2,(H,25,26). The van der Waals surface area contributed by atoms with E-state index in [-0.39, 0.29) is 12.2 Å². The maximum Gasteiger partial charge on any atom is 0.407 e. The first-order valence-electron chi connectivity index (χ1n) is 7.65. The molecular weight excluding hydrogens is 346 g/mol. The maximum absolute atomic E-state index is 12.9. The zero-order valence-corrected chi connectivity index (χ0v) is 13.3. The van der Waals surface area contributed by atoms with Crippen molar-refractivity contribution in [2.45, 2.75) is 6.43 Å². The highest BCUT2D eigenvalue weighted by Crippen LogP contribution is 2.25. The van der Waals surface area contributed by atoms with Crippen molar-refractivity contribution in [1.82, 2.24) is 29.5 Å². The van der Waals surface area contributed by atoms with Gasteiger partial charge in [0.1, 0.15) is 17.7 Å². The number of carboxylic acid groups (broad SMARTS) is 1. The molecule has 0 spiro atoms. The van der Waals surface area contributed by atoms with Crippen molar-refractivity contribution >= 4 is 17.3 Å². The van der Waals surface area contributed by atoms with E-state index in [9.17, 15) is 13.6 Å². The molecule has 0 saturated heterocycles. The molecule has 8 nitrogen and oxygen atoms in total. The lowest BCUT2D eigenvalue weighted by atomic mass is 10.1. The molecule has 26 heavy (non-hydrogen) atoms. The first kappa shape index (κ1) is 16.1. The number of hydrogen-bond acceptors (Lipinski definition) is 5. The van der Waals surface area contributed by atoms with Crippen molar-refractivity contribution in [3.05, 3.63) is 48.2 Å². The zero-order valence-electron chi connectivity index (χ0n) is 13.3. The van der Waals surface area contributed by atoms with E-state index in [1.54, 1.807) is 12.1 Å². The SMILES string of the molecule is O=C(O)N1CC=C(c2cc(-c3cnc4ccc(C(F)F)nn34)ncn2)C1. The fourth-order valence-corrected chi connectivity index (χ4v) is 2.74. The Morgan fingerprint density at radius 3 is 2.73 bits per heavy atom. The topological polar surface area (TPSA) is 96.5 Å². The van der Waals surface area contributed by atoms with E-state index < -0.39 is 12.5 Å². The van der Waals surface area contributed by atoms with Crippen molar-refractivity contribution in [3.63, 3.8) is 0 Å². The first-order valence-corrected chi connectivity index (χ1v) is 7.65. The monoisotopic (exact) mass is 358 g/mol. The normalized spacial score (nSPS) is 14.3. The minimum atomic E-state index is -2.69. The van der Waals surface area contributed by atoms with Gasteiger partial charge >= 0.3 is 6.09 Å². The molecule has 0 aliphatic carbocycles. The molecule has 0 bridgehead atoms. The highest BCUT2D eigenvalue weighted by atomic mass is 19.3. The molecule has 0 radical (unpaired) electrons. The van der Waals surface area contributed by atoms with Crippen LogP contribution in [0.4, 0.5) is 13.6 Å². The first-order chi connectivity index (χ1) is 12.5. The largest absolute Gasteiger partial charge is 0.465 e. The molecule has 0 saturated carbocycles. The van der Waals surface area contributed by atoms with Crippen molar-refractivity contribution < 1.29 is 18.7 Å². The predicted octanol–water partition coefficient (Wildman–Crippen LogP) is 2.50. The summed E-state index contributed by atoms with van der Waals surface area (Å²) >= 11 is 0. The van der Waals surface area contributed by atoms with Gasteiger partial charge in [0.15, 0.2) is 5.65 Å². The third kappa shape index (κ3) is 2.75. The van der Waals surface area contributed by atoms with E-state index in [2.05, 4.69) is 20.1 Å². The molecule has 1 aliphatic rings. The Balaban J connectivity index is 1.72. The van der Waals surface area contributed by atoms with Crippen molar-refractivity contribution in [2.75, 3.05) is 13.1 Å². The van der Waals surface area contributed by atoms with Crippen LogP contribution in [0.15, 0.2) is 36.8 Å². The number of aromatic nitrogens is 5. The number of imidazole rings is 1. The second-order valence-electron chi connectivity index (χ2n) is 5.65. The molecule has 1 aliphatic heterocycles. The van der Waals surface area contributed by atoms with Crippen LogP contribution in [0, 0.1) is 0 Å². The Labute approximate surface area is 145 Å². The van der Waals surface area contributed by atoms with Crippen LogP contribution in [0.1, 0.15) is 17.8 Å². The van der Waals surface area contributed by atoms with Gasteiger partial charge in [0.25, 0.3) is 6.43 Å². The molecule has 0 unspecified atom stereocenters. The molecule has 3 aromatic heterocycles. The summed E-state index contributed by atoms with van der Waals surface area (Å²) in [4.78, 5) is 24.8. The molecule has 4 rings (SSSR count).